The molecule has 0 saturated heterocycles. The van der Waals surface area contributed by atoms with Gasteiger partial charge in [-0.3, -0.25) is 0 Å². The lowest BCUT2D eigenvalue weighted by Gasteiger charge is -2.26. The molecule has 0 spiro atoms. The van der Waals surface area contributed by atoms with Gasteiger partial charge in [0.15, 0.2) is 0 Å². The maximum atomic E-state index is 6.47. The van der Waals surface area contributed by atoms with Crippen LogP contribution >= 0.6 is 38.9 Å². The van der Waals surface area contributed by atoms with Crippen LogP contribution in [0.1, 0.15) is 22.9 Å². The van der Waals surface area contributed by atoms with Gasteiger partial charge in [0.05, 0.1) is 5.54 Å². The number of thiophene rings is 1. The van der Waals surface area contributed by atoms with Crippen LogP contribution < -0.4 is 5.73 Å². The minimum atomic E-state index is -0.546. The van der Waals surface area contributed by atoms with Crippen LogP contribution in [0.3, 0.4) is 0 Å². The zero-order valence-electron chi connectivity index (χ0n) is 9.63. The van der Waals surface area contributed by atoms with Gasteiger partial charge in [-0.25, -0.2) is 0 Å². The predicted octanol–water partition coefficient (Wildman–Crippen LogP) is 4.69. The first-order chi connectivity index (χ1) is 7.93. The summed E-state index contributed by atoms with van der Waals surface area (Å²) in [6, 6.07) is 7.91. The fourth-order valence-corrected chi connectivity index (χ4v) is 3.82. The smallest absolute Gasteiger partial charge is 0.0747 e. The summed E-state index contributed by atoms with van der Waals surface area (Å²) in [6.45, 7) is 4.07. The molecule has 2 N–H and O–H groups in total. The summed E-state index contributed by atoms with van der Waals surface area (Å²) < 4.78 is 0.963. The molecule has 1 aromatic carbocycles. The lowest BCUT2D eigenvalue weighted by Crippen LogP contribution is -2.34. The molecule has 4 heteroatoms. The Morgan fingerprint density at radius 2 is 2.06 bits per heavy atom. The van der Waals surface area contributed by atoms with Crippen molar-refractivity contribution in [2.24, 2.45) is 5.73 Å². The van der Waals surface area contributed by atoms with Gasteiger partial charge in [-0.15, -0.1) is 11.3 Å². The second kappa shape index (κ2) is 4.73. The number of benzene rings is 1. The topological polar surface area (TPSA) is 26.0 Å². The van der Waals surface area contributed by atoms with Crippen LogP contribution in [-0.4, -0.2) is 0 Å². The molecular weight excluding hydrogens is 318 g/mol. The van der Waals surface area contributed by atoms with Crippen molar-refractivity contribution in [1.29, 1.82) is 0 Å². The first-order valence-electron chi connectivity index (χ1n) is 5.22. The van der Waals surface area contributed by atoms with E-state index in [9.17, 15) is 0 Å². The zero-order chi connectivity index (χ0) is 12.6. The van der Waals surface area contributed by atoms with Gasteiger partial charge in [0.1, 0.15) is 0 Å². The van der Waals surface area contributed by atoms with Crippen molar-refractivity contribution in [3.63, 3.8) is 0 Å². The Hall–Kier alpha value is -0.350. The Labute approximate surface area is 119 Å². The summed E-state index contributed by atoms with van der Waals surface area (Å²) in [4.78, 5) is 1.15. The number of aryl methyl sites for hydroxylation is 1. The van der Waals surface area contributed by atoms with E-state index < -0.39 is 5.54 Å². The van der Waals surface area contributed by atoms with Crippen LogP contribution in [-0.2, 0) is 5.54 Å². The van der Waals surface area contributed by atoms with Crippen LogP contribution in [0.4, 0.5) is 0 Å². The van der Waals surface area contributed by atoms with Gasteiger partial charge in [-0.05, 0) is 48.6 Å². The SMILES string of the molecule is Cc1ccsc1C(C)(N)c1ccc(Br)cc1Cl. The summed E-state index contributed by atoms with van der Waals surface area (Å²) in [5.74, 6) is 0. The molecule has 0 aliphatic heterocycles. The van der Waals surface area contributed by atoms with E-state index in [4.69, 9.17) is 17.3 Å². The molecule has 0 saturated carbocycles. The molecule has 1 aromatic heterocycles. The minimum absolute atomic E-state index is 0.546. The summed E-state index contributed by atoms with van der Waals surface area (Å²) in [5, 5.41) is 2.75. The fraction of sp³-hybridized carbons (Fsp3) is 0.231. The molecule has 2 aromatic rings. The van der Waals surface area contributed by atoms with Crippen LogP contribution in [0.25, 0.3) is 0 Å². The van der Waals surface area contributed by atoms with E-state index in [1.165, 1.54) is 5.56 Å². The van der Waals surface area contributed by atoms with Gasteiger partial charge in [0, 0.05) is 14.4 Å². The van der Waals surface area contributed by atoms with Gasteiger partial charge in [-0.1, -0.05) is 33.6 Å². The predicted molar refractivity (Wildman–Crippen MR) is 78.8 cm³/mol. The number of rotatable bonds is 2. The van der Waals surface area contributed by atoms with Crippen LogP contribution in [0, 0.1) is 6.92 Å². The molecule has 0 aliphatic rings. The summed E-state index contributed by atoms with van der Waals surface area (Å²) >= 11 is 11.4. The number of halogens is 2. The van der Waals surface area contributed by atoms with E-state index in [-0.39, 0.29) is 0 Å². The van der Waals surface area contributed by atoms with Gasteiger partial charge in [0.25, 0.3) is 0 Å². The Morgan fingerprint density at radius 3 is 2.59 bits per heavy atom. The molecule has 0 bridgehead atoms. The van der Waals surface area contributed by atoms with Crippen LogP contribution in [0.5, 0.6) is 0 Å². The van der Waals surface area contributed by atoms with Crippen molar-refractivity contribution in [2.45, 2.75) is 19.4 Å². The average Bonchev–Trinajstić information content (AvgIpc) is 2.64. The van der Waals surface area contributed by atoms with E-state index in [1.54, 1.807) is 11.3 Å². The van der Waals surface area contributed by atoms with Crippen molar-refractivity contribution in [3.05, 3.63) is 55.1 Å². The number of hydrogen-bond donors (Lipinski definition) is 1. The molecule has 0 aliphatic carbocycles. The normalized spacial score (nSPS) is 14.6. The summed E-state index contributed by atoms with van der Waals surface area (Å²) in [5.41, 5.74) is 8.08. The Kier molecular flexibility index (Phi) is 3.64. The van der Waals surface area contributed by atoms with E-state index in [1.807, 2.05) is 25.1 Å². The van der Waals surface area contributed by atoms with E-state index >= 15 is 0 Å². The number of hydrogen-bond acceptors (Lipinski definition) is 2. The van der Waals surface area contributed by atoms with Gasteiger partial charge < -0.3 is 5.73 Å². The molecule has 2 rings (SSSR count). The van der Waals surface area contributed by atoms with Crippen molar-refractivity contribution in [2.75, 3.05) is 0 Å². The van der Waals surface area contributed by atoms with E-state index in [0.717, 1.165) is 14.9 Å². The van der Waals surface area contributed by atoms with Crippen molar-refractivity contribution in [1.82, 2.24) is 0 Å². The second-order valence-electron chi connectivity index (χ2n) is 4.26. The molecular formula is C13H13BrClNS. The molecule has 0 amide bonds. The van der Waals surface area contributed by atoms with Crippen molar-refractivity contribution >= 4 is 38.9 Å². The second-order valence-corrected chi connectivity index (χ2v) is 6.50. The molecule has 0 radical (unpaired) electrons. The third-order valence-corrected chi connectivity index (χ3v) is 4.88. The summed E-state index contributed by atoms with van der Waals surface area (Å²) in [6.07, 6.45) is 0. The Morgan fingerprint density at radius 1 is 1.35 bits per heavy atom. The minimum Gasteiger partial charge on any atom is -0.317 e. The highest BCUT2D eigenvalue weighted by Crippen LogP contribution is 2.37. The maximum Gasteiger partial charge on any atom is 0.0747 e. The van der Waals surface area contributed by atoms with Crippen molar-refractivity contribution < 1.29 is 0 Å². The van der Waals surface area contributed by atoms with E-state index in [2.05, 4.69) is 34.3 Å². The van der Waals surface area contributed by atoms with Crippen molar-refractivity contribution in [3.8, 4) is 0 Å². The standard InChI is InChI=1S/C13H13BrClNS/c1-8-5-6-17-12(8)13(2,16)10-4-3-9(14)7-11(10)15/h3-7H,16H2,1-2H3. The number of nitrogens with two attached hydrogens (primary N) is 1. The molecule has 1 unspecified atom stereocenters. The van der Waals surface area contributed by atoms with Crippen LogP contribution in [0.15, 0.2) is 34.1 Å². The average molecular weight is 331 g/mol. The van der Waals surface area contributed by atoms with Gasteiger partial charge in [-0.2, -0.15) is 0 Å². The fourth-order valence-electron chi connectivity index (χ4n) is 1.94. The third-order valence-electron chi connectivity index (χ3n) is 2.82. The summed E-state index contributed by atoms with van der Waals surface area (Å²) in [7, 11) is 0. The third kappa shape index (κ3) is 2.43. The molecule has 1 heterocycles. The first-order valence-corrected chi connectivity index (χ1v) is 7.27. The monoisotopic (exact) mass is 329 g/mol. The van der Waals surface area contributed by atoms with Gasteiger partial charge in [0.2, 0.25) is 0 Å². The molecule has 1 atom stereocenters. The Balaban J connectivity index is 2.55. The lowest BCUT2D eigenvalue weighted by atomic mass is 9.90. The first kappa shape index (κ1) is 13.1. The molecule has 17 heavy (non-hydrogen) atoms. The largest absolute Gasteiger partial charge is 0.317 e. The highest BCUT2D eigenvalue weighted by atomic mass is 79.9. The molecule has 0 fully saturated rings. The van der Waals surface area contributed by atoms with Gasteiger partial charge >= 0.3 is 0 Å². The molecule has 1 nitrogen and oxygen atoms in total. The lowest BCUT2D eigenvalue weighted by molar-refractivity contribution is 0.613. The highest BCUT2D eigenvalue weighted by Gasteiger charge is 2.28. The van der Waals surface area contributed by atoms with E-state index in [0.29, 0.717) is 5.02 Å². The maximum absolute atomic E-state index is 6.47. The Bertz CT molecular complexity index is 548. The molecule has 90 valence electrons. The highest BCUT2D eigenvalue weighted by molar-refractivity contribution is 9.10. The van der Waals surface area contributed by atoms with Crippen LogP contribution in [0.2, 0.25) is 5.02 Å². The quantitative estimate of drug-likeness (QED) is 0.849. The zero-order valence-corrected chi connectivity index (χ0v) is 12.8.